The molecule has 0 atom stereocenters. The van der Waals surface area contributed by atoms with E-state index in [0.29, 0.717) is 17.2 Å². The van der Waals surface area contributed by atoms with Crippen LogP contribution in [0.2, 0.25) is 5.02 Å². The third-order valence-electron chi connectivity index (χ3n) is 3.31. The van der Waals surface area contributed by atoms with Crippen molar-refractivity contribution in [1.29, 1.82) is 5.26 Å². The van der Waals surface area contributed by atoms with Crippen molar-refractivity contribution in [2.75, 3.05) is 18.1 Å². The minimum absolute atomic E-state index is 0.574. The van der Waals surface area contributed by atoms with Gasteiger partial charge in [-0.1, -0.05) is 23.7 Å². The largest absolute Gasteiger partial charge is 0.491 e. The summed E-state index contributed by atoms with van der Waals surface area (Å²) in [5, 5.41) is 9.90. The molecule has 0 saturated carbocycles. The van der Waals surface area contributed by atoms with Crippen LogP contribution in [0.25, 0.3) is 0 Å². The molecule has 100 valence electrons. The summed E-state index contributed by atoms with van der Waals surface area (Å²) in [7, 11) is 0. The highest BCUT2D eigenvalue weighted by Gasteiger charge is 2.19. The Morgan fingerprint density at radius 3 is 2.85 bits per heavy atom. The van der Waals surface area contributed by atoms with E-state index in [2.05, 4.69) is 11.0 Å². The number of ether oxygens (including phenoxy) is 1. The van der Waals surface area contributed by atoms with Gasteiger partial charge in [0, 0.05) is 11.6 Å². The summed E-state index contributed by atoms with van der Waals surface area (Å²) < 4.78 is 5.75. The Kier molecular flexibility index (Phi) is 3.49. The van der Waals surface area contributed by atoms with Gasteiger partial charge in [0.25, 0.3) is 0 Å². The SMILES string of the molecule is N#Cc1cc(Cl)ccc1N1CCCOc2ccccc21. The highest BCUT2D eigenvalue weighted by atomic mass is 35.5. The zero-order chi connectivity index (χ0) is 13.9. The van der Waals surface area contributed by atoms with Gasteiger partial charge in [-0.3, -0.25) is 0 Å². The summed E-state index contributed by atoms with van der Waals surface area (Å²) in [6.07, 6.45) is 0.905. The minimum atomic E-state index is 0.574. The van der Waals surface area contributed by atoms with Crippen LogP contribution < -0.4 is 9.64 Å². The number of para-hydroxylation sites is 2. The van der Waals surface area contributed by atoms with Gasteiger partial charge in [0.2, 0.25) is 0 Å². The summed E-state index contributed by atoms with van der Waals surface area (Å²) in [6.45, 7) is 1.50. The highest BCUT2D eigenvalue weighted by molar-refractivity contribution is 6.30. The molecule has 0 amide bonds. The lowest BCUT2D eigenvalue weighted by Gasteiger charge is -2.24. The van der Waals surface area contributed by atoms with E-state index in [1.807, 2.05) is 36.4 Å². The quantitative estimate of drug-likeness (QED) is 0.790. The topological polar surface area (TPSA) is 36.3 Å². The molecule has 3 nitrogen and oxygen atoms in total. The first-order chi connectivity index (χ1) is 9.79. The van der Waals surface area contributed by atoms with Crippen LogP contribution in [0.15, 0.2) is 42.5 Å². The average molecular weight is 285 g/mol. The third-order valence-corrected chi connectivity index (χ3v) is 3.54. The van der Waals surface area contributed by atoms with Crippen molar-refractivity contribution in [2.24, 2.45) is 0 Å². The van der Waals surface area contributed by atoms with Gasteiger partial charge < -0.3 is 9.64 Å². The van der Waals surface area contributed by atoms with Crippen LogP contribution in [-0.2, 0) is 0 Å². The van der Waals surface area contributed by atoms with Gasteiger partial charge in [-0.15, -0.1) is 0 Å². The van der Waals surface area contributed by atoms with Crippen LogP contribution in [-0.4, -0.2) is 13.2 Å². The number of hydrogen-bond donors (Lipinski definition) is 0. The molecule has 0 radical (unpaired) electrons. The van der Waals surface area contributed by atoms with Crippen LogP contribution in [0, 0.1) is 11.3 Å². The predicted octanol–water partition coefficient (Wildman–Crippen LogP) is 4.13. The van der Waals surface area contributed by atoms with Gasteiger partial charge in [-0.05, 0) is 36.8 Å². The number of nitriles is 1. The second-order valence-corrected chi connectivity index (χ2v) is 5.03. The predicted molar refractivity (Wildman–Crippen MR) is 79.7 cm³/mol. The first-order valence-electron chi connectivity index (χ1n) is 6.48. The van der Waals surface area contributed by atoms with E-state index in [-0.39, 0.29) is 0 Å². The van der Waals surface area contributed by atoms with Crippen molar-refractivity contribution >= 4 is 23.0 Å². The summed E-state index contributed by atoms with van der Waals surface area (Å²) in [5.41, 5.74) is 2.44. The zero-order valence-corrected chi connectivity index (χ0v) is 11.6. The molecule has 0 spiro atoms. The Hall–Kier alpha value is -2.18. The van der Waals surface area contributed by atoms with Gasteiger partial charge in [0.05, 0.1) is 23.5 Å². The van der Waals surface area contributed by atoms with Crippen molar-refractivity contribution in [3.8, 4) is 11.8 Å². The van der Waals surface area contributed by atoms with Gasteiger partial charge in [0.15, 0.2) is 0 Å². The van der Waals surface area contributed by atoms with E-state index >= 15 is 0 Å². The van der Waals surface area contributed by atoms with Gasteiger partial charge in [-0.25, -0.2) is 0 Å². The number of fused-ring (bicyclic) bond motifs is 1. The fourth-order valence-electron chi connectivity index (χ4n) is 2.41. The van der Waals surface area contributed by atoms with Crippen LogP contribution in [0.5, 0.6) is 5.75 Å². The lowest BCUT2D eigenvalue weighted by molar-refractivity contribution is 0.322. The van der Waals surface area contributed by atoms with Crippen molar-refractivity contribution in [2.45, 2.75) is 6.42 Å². The molecule has 4 heteroatoms. The van der Waals surface area contributed by atoms with Crippen molar-refractivity contribution in [3.63, 3.8) is 0 Å². The Labute approximate surface area is 123 Å². The molecule has 0 bridgehead atoms. The molecular formula is C16H13ClN2O. The van der Waals surface area contributed by atoms with Gasteiger partial charge in [0.1, 0.15) is 11.8 Å². The molecule has 1 aliphatic rings. The molecule has 0 N–H and O–H groups in total. The fraction of sp³-hybridized carbons (Fsp3) is 0.188. The maximum absolute atomic E-state index is 9.33. The zero-order valence-electron chi connectivity index (χ0n) is 10.8. The van der Waals surface area contributed by atoms with E-state index in [1.165, 1.54) is 0 Å². The summed E-state index contributed by atoms with van der Waals surface area (Å²) in [5.74, 6) is 0.851. The monoisotopic (exact) mass is 284 g/mol. The van der Waals surface area contributed by atoms with Gasteiger partial charge >= 0.3 is 0 Å². The molecule has 2 aromatic rings. The highest BCUT2D eigenvalue weighted by Crippen LogP contribution is 2.37. The maximum Gasteiger partial charge on any atom is 0.142 e. The van der Waals surface area contributed by atoms with Crippen LogP contribution in [0.4, 0.5) is 11.4 Å². The Balaban J connectivity index is 2.13. The molecule has 0 unspecified atom stereocenters. The first kappa shape index (κ1) is 12.8. The fourth-order valence-corrected chi connectivity index (χ4v) is 2.58. The molecule has 0 aliphatic carbocycles. The molecular weight excluding hydrogens is 272 g/mol. The van der Waals surface area contributed by atoms with Crippen molar-refractivity contribution < 1.29 is 4.74 Å². The molecule has 1 aliphatic heterocycles. The summed E-state index contributed by atoms with van der Waals surface area (Å²) >= 11 is 5.97. The van der Waals surface area contributed by atoms with Crippen LogP contribution in [0.3, 0.4) is 0 Å². The van der Waals surface area contributed by atoms with Crippen molar-refractivity contribution in [1.82, 2.24) is 0 Å². The normalized spacial score (nSPS) is 13.9. The molecule has 20 heavy (non-hydrogen) atoms. The molecule has 0 saturated heterocycles. The lowest BCUT2D eigenvalue weighted by atomic mass is 10.1. The van der Waals surface area contributed by atoms with Crippen molar-refractivity contribution in [3.05, 3.63) is 53.1 Å². The van der Waals surface area contributed by atoms with Gasteiger partial charge in [-0.2, -0.15) is 5.26 Å². The van der Waals surface area contributed by atoms with E-state index < -0.39 is 0 Å². The second-order valence-electron chi connectivity index (χ2n) is 4.59. The smallest absolute Gasteiger partial charge is 0.142 e. The molecule has 3 rings (SSSR count). The third kappa shape index (κ3) is 2.31. The molecule has 0 fully saturated rings. The summed E-state index contributed by atoms with van der Waals surface area (Å²) in [6, 6.07) is 15.5. The van der Waals surface area contributed by atoms with E-state index in [0.717, 1.165) is 30.1 Å². The maximum atomic E-state index is 9.33. The standard InChI is InChI=1S/C16H13ClN2O/c17-13-6-7-14(12(10-13)11-18)19-8-3-9-20-16-5-2-1-4-15(16)19/h1-2,4-7,10H,3,8-9H2. The number of halogens is 1. The second kappa shape index (κ2) is 5.44. The number of benzene rings is 2. The molecule has 0 aromatic heterocycles. The molecule has 2 aromatic carbocycles. The first-order valence-corrected chi connectivity index (χ1v) is 6.86. The Bertz CT molecular complexity index is 678. The lowest BCUT2D eigenvalue weighted by Crippen LogP contribution is -2.18. The van der Waals surface area contributed by atoms with Crippen LogP contribution in [0.1, 0.15) is 12.0 Å². The van der Waals surface area contributed by atoms with E-state index in [1.54, 1.807) is 6.07 Å². The number of nitrogens with zero attached hydrogens (tertiary/aromatic N) is 2. The summed E-state index contributed by atoms with van der Waals surface area (Å²) in [4.78, 5) is 2.12. The number of rotatable bonds is 1. The average Bonchev–Trinajstić information content (AvgIpc) is 2.69. The van der Waals surface area contributed by atoms with E-state index in [9.17, 15) is 5.26 Å². The number of hydrogen-bond acceptors (Lipinski definition) is 3. The number of anilines is 2. The van der Waals surface area contributed by atoms with E-state index in [4.69, 9.17) is 16.3 Å². The Morgan fingerprint density at radius 2 is 2.00 bits per heavy atom. The minimum Gasteiger partial charge on any atom is -0.491 e. The van der Waals surface area contributed by atoms with Crippen LogP contribution >= 0.6 is 11.6 Å². The molecule has 1 heterocycles. The Morgan fingerprint density at radius 1 is 1.15 bits per heavy atom.